The Morgan fingerprint density at radius 3 is 2.65 bits per heavy atom. The zero-order chi connectivity index (χ0) is 14.3. The highest BCUT2D eigenvalue weighted by Crippen LogP contribution is 2.29. The zero-order valence-electron chi connectivity index (χ0n) is 11.3. The Bertz CT molecular complexity index is 775. The van der Waals surface area contributed by atoms with E-state index in [0.29, 0.717) is 5.02 Å². The van der Waals surface area contributed by atoms with E-state index in [1.54, 1.807) is 0 Å². The van der Waals surface area contributed by atoms with Crippen molar-refractivity contribution in [1.29, 1.82) is 0 Å². The topological polar surface area (TPSA) is 17.8 Å². The van der Waals surface area contributed by atoms with Crippen LogP contribution in [-0.4, -0.2) is 9.55 Å². The van der Waals surface area contributed by atoms with Gasteiger partial charge >= 0.3 is 0 Å². The number of fused-ring (bicyclic) bond motifs is 1. The normalized spacial score (nSPS) is 12.8. The zero-order valence-corrected chi connectivity index (χ0v) is 12.8. The van der Waals surface area contributed by atoms with E-state index >= 15 is 0 Å². The molecule has 0 bridgehead atoms. The molecule has 0 saturated carbocycles. The summed E-state index contributed by atoms with van der Waals surface area (Å²) in [6, 6.07) is 14.0. The third-order valence-corrected chi connectivity index (χ3v) is 3.69. The Balaban J connectivity index is 2.34. The molecule has 20 heavy (non-hydrogen) atoms. The van der Waals surface area contributed by atoms with Crippen LogP contribution in [0.1, 0.15) is 23.7 Å². The number of hydrogen-bond acceptors (Lipinski definition) is 1. The highest BCUT2D eigenvalue weighted by Gasteiger charge is 2.16. The van der Waals surface area contributed by atoms with E-state index in [4.69, 9.17) is 23.2 Å². The maximum atomic E-state index is 6.29. The van der Waals surface area contributed by atoms with E-state index in [9.17, 15) is 0 Å². The average molecular weight is 305 g/mol. The number of rotatable bonds is 2. The second-order valence-corrected chi connectivity index (χ2v) is 5.98. The fraction of sp³-hybridized carbons (Fsp3) is 0.188. The van der Waals surface area contributed by atoms with E-state index < -0.39 is 0 Å². The maximum Gasteiger partial charge on any atom is 0.132 e. The summed E-state index contributed by atoms with van der Waals surface area (Å²) in [6.45, 7) is 4.00. The molecule has 3 aromatic rings. The molecule has 3 rings (SSSR count). The minimum Gasteiger partial charge on any atom is -0.295 e. The third kappa shape index (κ3) is 2.30. The molecule has 0 amide bonds. The summed E-state index contributed by atoms with van der Waals surface area (Å²) in [5, 5.41) is 0.502. The van der Waals surface area contributed by atoms with Crippen LogP contribution in [0, 0.1) is 6.92 Å². The molecule has 2 aromatic carbocycles. The molecule has 0 saturated heterocycles. The molecule has 0 radical (unpaired) electrons. The van der Waals surface area contributed by atoms with Crippen molar-refractivity contribution in [1.82, 2.24) is 9.55 Å². The van der Waals surface area contributed by atoms with Crippen LogP contribution in [0.2, 0.25) is 5.02 Å². The Labute approximate surface area is 128 Å². The molecular formula is C16H14Cl2N2. The van der Waals surface area contributed by atoms with E-state index in [2.05, 4.69) is 34.7 Å². The first-order valence-corrected chi connectivity index (χ1v) is 7.27. The average Bonchev–Trinajstić information content (AvgIpc) is 2.77. The number of aryl methyl sites for hydroxylation is 1. The van der Waals surface area contributed by atoms with Gasteiger partial charge in [-0.15, -0.1) is 11.6 Å². The Hall–Kier alpha value is -1.51. The van der Waals surface area contributed by atoms with Gasteiger partial charge in [-0.1, -0.05) is 23.7 Å². The third-order valence-electron chi connectivity index (χ3n) is 3.26. The predicted molar refractivity (Wildman–Crippen MR) is 85.1 cm³/mol. The summed E-state index contributed by atoms with van der Waals surface area (Å²) in [5.41, 5.74) is 4.15. The van der Waals surface area contributed by atoms with E-state index in [1.165, 1.54) is 5.56 Å². The van der Waals surface area contributed by atoms with Gasteiger partial charge in [-0.2, -0.15) is 0 Å². The van der Waals surface area contributed by atoms with Gasteiger partial charge in [-0.3, -0.25) is 4.57 Å². The van der Waals surface area contributed by atoms with Crippen molar-refractivity contribution in [2.24, 2.45) is 0 Å². The van der Waals surface area contributed by atoms with Crippen molar-refractivity contribution in [3.05, 3.63) is 58.9 Å². The fourth-order valence-electron chi connectivity index (χ4n) is 2.38. The molecule has 4 heteroatoms. The summed E-state index contributed by atoms with van der Waals surface area (Å²) in [5.74, 6) is 0.828. The molecule has 0 aliphatic carbocycles. The number of nitrogens with zero attached hydrogens (tertiary/aromatic N) is 2. The first-order valence-electron chi connectivity index (χ1n) is 6.45. The monoisotopic (exact) mass is 304 g/mol. The van der Waals surface area contributed by atoms with Crippen molar-refractivity contribution in [3.63, 3.8) is 0 Å². The van der Waals surface area contributed by atoms with Crippen molar-refractivity contribution in [2.45, 2.75) is 19.2 Å². The van der Waals surface area contributed by atoms with Gasteiger partial charge in [0.25, 0.3) is 0 Å². The minimum absolute atomic E-state index is 0.179. The summed E-state index contributed by atoms with van der Waals surface area (Å²) in [6.07, 6.45) is 0. The second-order valence-electron chi connectivity index (χ2n) is 4.89. The van der Waals surface area contributed by atoms with E-state index in [1.807, 2.05) is 31.2 Å². The van der Waals surface area contributed by atoms with Crippen LogP contribution >= 0.6 is 23.2 Å². The van der Waals surface area contributed by atoms with Crippen molar-refractivity contribution in [3.8, 4) is 5.69 Å². The molecule has 1 heterocycles. The summed E-state index contributed by atoms with van der Waals surface area (Å²) in [7, 11) is 0. The molecule has 0 fully saturated rings. The number of aromatic nitrogens is 2. The van der Waals surface area contributed by atoms with Gasteiger partial charge in [0.2, 0.25) is 0 Å². The van der Waals surface area contributed by atoms with Gasteiger partial charge < -0.3 is 0 Å². The standard InChI is InChI=1S/C16H14Cl2N2/c1-10-4-3-5-13(8-10)20-15-7-6-12(18)9-14(15)19-16(20)11(2)17/h3-9,11H,1-2H3. The molecule has 102 valence electrons. The van der Waals surface area contributed by atoms with Crippen LogP contribution in [-0.2, 0) is 0 Å². The molecule has 0 N–H and O–H groups in total. The second kappa shape index (κ2) is 5.12. The number of halogens is 2. The number of hydrogen-bond donors (Lipinski definition) is 0. The lowest BCUT2D eigenvalue weighted by atomic mass is 10.2. The Morgan fingerprint density at radius 2 is 1.95 bits per heavy atom. The molecule has 0 aliphatic rings. The van der Waals surface area contributed by atoms with Crippen LogP contribution in [0.5, 0.6) is 0 Å². The molecule has 0 aliphatic heterocycles. The first kappa shape index (κ1) is 13.5. The molecule has 1 aromatic heterocycles. The van der Waals surface area contributed by atoms with Crippen LogP contribution in [0.4, 0.5) is 0 Å². The van der Waals surface area contributed by atoms with Crippen LogP contribution in [0.3, 0.4) is 0 Å². The van der Waals surface area contributed by atoms with Crippen LogP contribution in [0.15, 0.2) is 42.5 Å². The number of alkyl halides is 1. The van der Waals surface area contributed by atoms with E-state index in [-0.39, 0.29) is 5.38 Å². The van der Waals surface area contributed by atoms with Gasteiger partial charge in [0.1, 0.15) is 5.82 Å². The highest BCUT2D eigenvalue weighted by molar-refractivity contribution is 6.31. The SMILES string of the molecule is Cc1cccc(-n2c(C(C)Cl)nc3cc(Cl)ccc32)c1. The van der Waals surface area contributed by atoms with Gasteiger partial charge in [0.15, 0.2) is 0 Å². The molecule has 1 atom stereocenters. The Morgan fingerprint density at radius 1 is 1.15 bits per heavy atom. The van der Waals surface area contributed by atoms with Crippen LogP contribution in [0.25, 0.3) is 16.7 Å². The van der Waals surface area contributed by atoms with Gasteiger partial charge in [0, 0.05) is 10.7 Å². The minimum atomic E-state index is -0.179. The smallest absolute Gasteiger partial charge is 0.132 e. The molecule has 0 spiro atoms. The summed E-state index contributed by atoms with van der Waals surface area (Å²) in [4.78, 5) is 4.63. The van der Waals surface area contributed by atoms with Gasteiger partial charge in [-0.25, -0.2) is 4.98 Å². The largest absolute Gasteiger partial charge is 0.295 e. The van der Waals surface area contributed by atoms with Crippen molar-refractivity contribution >= 4 is 34.2 Å². The quantitative estimate of drug-likeness (QED) is 0.588. The number of benzene rings is 2. The Kier molecular flexibility index (Phi) is 3.45. The van der Waals surface area contributed by atoms with E-state index in [0.717, 1.165) is 22.5 Å². The lowest BCUT2D eigenvalue weighted by molar-refractivity contribution is 0.882. The van der Waals surface area contributed by atoms with Crippen molar-refractivity contribution in [2.75, 3.05) is 0 Å². The van der Waals surface area contributed by atoms with Gasteiger partial charge in [-0.05, 0) is 49.7 Å². The predicted octanol–water partition coefficient (Wildman–Crippen LogP) is 5.29. The highest BCUT2D eigenvalue weighted by atomic mass is 35.5. The number of imidazole rings is 1. The molecule has 1 unspecified atom stereocenters. The fourth-order valence-corrected chi connectivity index (χ4v) is 2.69. The lowest BCUT2D eigenvalue weighted by Gasteiger charge is -2.11. The first-order chi connectivity index (χ1) is 9.56. The molecule has 2 nitrogen and oxygen atoms in total. The maximum absolute atomic E-state index is 6.29. The summed E-state index contributed by atoms with van der Waals surface area (Å²) >= 11 is 12.3. The van der Waals surface area contributed by atoms with Crippen molar-refractivity contribution < 1.29 is 0 Å². The molecular weight excluding hydrogens is 291 g/mol. The summed E-state index contributed by atoms with van der Waals surface area (Å²) < 4.78 is 2.09. The van der Waals surface area contributed by atoms with Gasteiger partial charge in [0.05, 0.1) is 16.4 Å². The lowest BCUT2D eigenvalue weighted by Crippen LogP contribution is -2.02. The van der Waals surface area contributed by atoms with Crippen LogP contribution < -0.4 is 0 Å².